The monoisotopic (exact) mass is 307 g/mol. The summed E-state index contributed by atoms with van der Waals surface area (Å²) in [6, 6.07) is 15.0. The molecule has 0 amide bonds. The van der Waals surface area contributed by atoms with Gasteiger partial charge in [-0.3, -0.25) is 9.79 Å². The van der Waals surface area contributed by atoms with Crippen molar-refractivity contribution >= 4 is 23.4 Å². The smallest absolute Gasteiger partial charge is 0.165 e. The zero-order chi connectivity index (χ0) is 16.8. The van der Waals surface area contributed by atoms with E-state index in [2.05, 4.69) is 11.9 Å². The minimum atomic E-state index is -0.223. The van der Waals surface area contributed by atoms with Crippen molar-refractivity contribution in [1.29, 1.82) is 0 Å². The predicted octanol–water partition coefficient (Wildman–Crippen LogP) is 4.82. The van der Waals surface area contributed by atoms with E-state index in [1.807, 2.05) is 55.5 Å². The van der Waals surface area contributed by atoms with Crippen LogP contribution in [-0.4, -0.2) is 17.1 Å². The Balaban J connectivity index is 2.42. The molecule has 0 aliphatic heterocycles. The summed E-state index contributed by atoms with van der Waals surface area (Å²) in [5, 5.41) is 10.5. The molecule has 0 aromatic heterocycles. The maximum atomic E-state index is 11.9. The number of para-hydroxylation sites is 1. The van der Waals surface area contributed by atoms with Gasteiger partial charge in [-0.15, -0.1) is 0 Å². The van der Waals surface area contributed by atoms with Gasteiger partial charge in [0.25, 0.3) is 0 Å². The molecule has 2 rings (SSSR count). The van der Waals surface area contributed by atoms with Crippen LogP contribution in [0.15, 0.2) is 59.1 Å². The minimum absolute atomic E-state index is 0.0389. The Bertz CT molecular complexity index is 758. The molecule has 0 spiro atoms. The normalized spacial score (nSPS) is 12.3. The number of aliphatic imine (C=N–C) groups is 1. The Morgan fingerprint density at radius 2 is 1.87 bits per heavy atom. The number of benzene rings is 2. The van der Waals surface area contributed by atoms with E-state index in [4.69, 9.17) is 0 Å². The van der Waals surface area contributed by atoms with Gasteiger partial charge in [0.2, 0.25) is 0 Å². The van der Waals surface area contributed by atoms with Crippen LogP contribution in [0.4, 0.5) is 5.69 Å². The van der Waals surface area contributed by atoms with Crippen molar-refractivity contribution < 1.29 is 9.90 Å². The number of ketones is 1. The van der Waals surface area contributed by atoms with Crippen LogP contribution in [0.3, 0.4) is 0 Å². The number of hydrogen-bond acceptors (Lipinski definition) is 3. The molecule has 2 aromatic rings. The van der Waals surface area contributed by atoms with E-state index < -0.39 is 0 Å². The summed E-state index contributed by atoms with van der Waals surface area (Å²) in [6.07, 6.45) is 2.36. The maximum absolute atomic E-state index is 11.9. The molecule has 3 nitrogen and oxygen atoms in total. The summed E-state index contributed by atoms with van der Waals surface area (Å²) in [6.45, 7) is 5.52. The van der Waals surface area contributed by atoms with E-state index >= 15 is 0 Å². The summed E-state index contributed by atoms with van der Waals surface area (Å²) in [7, 11) is 0. The number of nitrogens with zero attached hydrogens (tertiary/aromatic N) is 1. The van der Waals surface area contributed by atoms with Crippen LogP contribution >= 0.6 is 0 Å². The number of aryl methyl sites for hydroxylation is 2. The molecule has 0 bridgehead atoms. The van der Waals surface area contributed by atoms with Crippen LogP contribution in [0.1, 0.15) is 30.5 Å². The van der Waals surface area contributed by atoms with Gasteiger partial charge in [-0.05, 0) is 49.6 Å². The fourth-order valence-corrected chi connectivity index (χ4v) is 2.37. The van der Waals surface area contributed by atoms with Gasteiger partial charge >= 0.3 is 0 Å². The summed E-state index contributed by atoms with van der Waals surface area (Å²) in [5.41, 5.74) is 3.89. The van der Waals surface area contributed by atoms with Crippen LogP contribution in [0, 0.1) is 6.92 Å². The van der Waals surface area contributed by atoms with Crippen molar-refractivity contribution in [2.75, 3.05) is 0 Å². The van der Waals surface area contributed by atoms with Crippen LogP contribution in [0.5, 0.6) is 0 Å². The van der Waals surface area contributed by atoms with Crippen molar-refractivity contribution in [2.45, 2.75) is 27.2 Å². The molecule has 0 aliphatic carbocycles. The van der Waals surface area contributed by atoms with Crippen molar-refractivity contribution in [3.05, 3.63) is 70.8 Å². The Kier molecular flexibility index (Phi) is 5.47. The highest BCUT2D eigenvalue weighted by Gasteiger charge is 2.12. The Morgan fingerprint density at radius 3 is 2.43 bits per heavy atom. The Morgan fingerprint density at radius 1 is 1.17 bits per heavy atom. The lowest BCUT2D eigenvalue weighted by Crippen LogP contribution is -2.03. The van der Waals surface area contributed by atoms with Gasteiger partial charge < -0.3 is 5.11 Å². The quantitative estimate of drug-likeness (QED) is 0.489. The van der Waals surface area contributed by atoms with E-state index in [0.29, 0.717) is 5.56 Å². The molecule has 23 heavy (non-hydrogen) atoms. The van der Waals surface area contributed by atoms with Crippen LogP contribution in [0.2, 0.25) is 0 Å². The molecule has 2 aromatic carbocycles. The SMILES string of the molecule is CCc1ccc(C(O)=C(C=Nc2ccccc2)C(C)=O)cc1C. The fourth-order valence-electron chi connectivity index (χ4n) is 2.37. The number of carbonyl (C=O) groups excluding carboxylic acids is 1. The molecule has 1 N–H and O–H groups in total. The zero-order valence-corrected chi connectivity index (χ0v) is 13.7. The van der Waals surface area contributed by atoms with Crippen molar-refractivity contribution in [2.24, 2.45) is 4.99 Å². The third-order valence-corrected chi connectivity index (χ3v) is 3.73. The van der Waals surface area contributed by atoms with Crippen LogP contribution in [0.25, 0.3) is 5.76 Å². The van der Waals surface area contributed by atoms with Gasteiger partial charge in [0, 0.05) is 11.8 Å². The minimum Gasteiger partial charge on any atom is -0.507 e. The van der Waals surface area contributed by atoms with E-state index in [1.165, 1.54) is 18.7 Å². The van der Waals surface area contributed by atoms with Gasteiger partial charge in [0.1, 0.15) is 5.76 Å². The molecule has 0 unspecified atom stereocenters. The highest BCUT2D eigenvalue weighted by atomic mass is 16.3. The van der Waals surface area contributed by atoms with Gasteiger partial charge in [-0.2, -0.15) is 0 Å². The van der Waals surface area contributed by atoms with Crippen LogP contribution < -0.4 is 0 Å². The molecule has 0 fully saturated rings. The number of allylic oxidation sites excluding steroid dienone is 1. The number of aliphatic hydroxyl groups is 1. The average molecular weight is 307 g/mol. The second kappa shape index (κ2) is 7.54. The Labute approximate surface area is 137 Å². The standard InChI is InChI=1S/C20H21NO2/c1-4-16-10-11-17(12-14(16)2)20(23)19(15(3)22)13-21-18-8-6-5-7-9-18/h5-13,23H,4H2,1-3H3. The molecule has 0 aliphatic rings. The first-order valence-electron chi connectivity index (χ1n) is 7.66. The summed E-state index contributed by atoms with van der Waals surface area (Å²) < 4.78 is 0. The number of carbonyl (C=O) groups is 1. The van der Waals surface area contributed by atoms with Gasteiger partial charge in [-0.1, -0.05) is 37.3 Å². The first-order valence-corrected chi connectivity index (χ1v) is 7.66. The number of hydrogen-bond donors (Lipinski definition) is 1. The lowest BCUT2D eigenvalue weighted by atomic mass is 10.00. The first kappa shape index (κ1) is 16.7. The molecular weight excluding hydrogens is 286 g/mol. The third kappa shape index (κ3) is 4.16. The summed E-state index contributed by atoms with van der Waals surface area (Å²) >= 11 is 0. The molecule has 118 valence electrons. The first-order chi connectivity index (χ1) is 11.0. The maximum Gasteiger partial charge on any atom is 0.165 e. The second-order valence-electron chi connectivity index (χ2n) is 5.41. The largest absolute Gasteiger partial charge is 0.507 e. The van der Waals surface area contributed by atoms with E-state index in [9.17, 15) is 9.90 Å². The molecule has 0 heterocycles. The van der Waals surface area contributed by atoms with Crippen molar-refractivity contribution in [3.8, 4) is 0 Å². The summed E-state index contributed by atoms with van der Waals surface area (Å²) in [4.78, 5) is 16.1. The van der Waals surface area contributed by atoms with Gasteiger partial charge in [-0.25, -0.2) is 0 Å². The number of rotatable bonds is 5. The van der Waals surface area contributed by atoms with E-state index in [1.54, 1.807) is 0 Å². The zero-order valence-electron chi connectivity index (χ0n) is 13.7. The topological polar surface area (TPSA) is 49.7 Å². The van der Waals surface area contributed by atoms with E-state index in [0.717, 1.165) is 17.7 Å². The number of Topliss-reactive ketones (excluding diaryl/α,β-unsaturated/α-hetero) is 1. The molecule has 0 atom stereocenters. The van der Waals surface area contributed by atoms with Crippen molar-refractivity contribution in [1.82, 2.24) is 0 Å². The highest BCUT2D eigenvalue weighted by Crippen LogP contribution is 2.21. The fraction of sp³-hybridized carbons (Fsp3) is 0.200. The number of aliphatic hydroxyl groups excluding tert-OH is 1. The molecular formula is C20H21NO2. The highest BCUT2D eigenvalue weighted by molar-refractivity contribution is 6.17. The summed E-state index contributed by atoms with van der Waals surface area (Å²) in [5.74, 6) is -0.262. The molecule has 3 heteroatoms. The Hall–Kier alpha value is -2.68. The van der Waals surface area contributed by atoms with Crippen LogP contribution in [-0.2, 0) is 11.2 Å². The van der Waals surface area contributed by atoms with E-state index in [-0.39, 0.29) is 17.1 Å². The molecule has 0 radical (unpaired) electrons. The third-order valence-electron chi connectivity index (χ3n) is 3.73. The second-order valence-corrected chi connectivity index (χ2v) is 5.41. The van der Waals surface area contributed by atoms with Gasteiger partial charge in [0.05, 0.1) is 11.3 Å². The predicted molar refractivity (Wildman–Crippen MR) is 95.4 cm³/mol. The lowest BCUT2D eigenvalue weighted by Gasteiger charge is -2.08. The molecule has 0 saturated heterocycles. The van der Waals surface area contributed by atoms with Gasteiger partial charge in [0.15, 0.2) is 5.78 Å². The molecule has 0 saturated carbocycles. The van der Waals surface area contributed by atoms with Crippen molar-refractivity contribution in [3.63, 3.8) is 0 Å². The lowest BCUT2D eigenvalue weighted by molar-refractivity contribution is -0.113. The average Bonchev–Trinajstić information content (AvgIpc) is 2.55.